The monoisotopic (exact) mass is 303 g/mol. The van der Waals surface area contributed by atoms with Crippen molar-refractivity contribution < 1.29 is 14.0 Å². The Morgan fingerprint density at radius 3 is 2.67 bits per heavy atom. The number of aromatic nitrogens is 2. The maximum absolute atomic E-state index is 5.92. The van der Waals surface area contributed by atoms with Gasteiger partial charge in [0.25, 0.3) is 0 Å². The van der Waals surface area contributed by atoms with Gasteiger partial charge in [0.2, 0.25) is 5.88 Å². The molecule has 7 heteroatoms. The lowest BCUT2D eigenvalue weighted by atomic mass is 10.0. The van der Waals surface area contributed by atoms with Gasteiger partial charge in [-0.1, -0.05) is 11.2 Å². The summed E-state index contributed by atoms with van der Waals surface area (Å²) in [6.45, 7) is 0. The average molecular weight is 303 g/mol. The van der Waals surface area contributed by atoms with Crippen molar-refractivity contribution in [2.24, 2.45) is 0 Å². The second-order valence-electron chi connectivity index (χ2n) is 4.21. The summed E-state index contributed by atoms with van der Waals surface area (Å²) in [6.07, 6.45) is 1.73. The smallest absolute Gasteiger partial charge is 0.230 e. The molecule has 3 aromatic rings. The van der Waals surface area contributed by atoms with Crippen LogP contribution in [0.5, 0.6) is 11.5 Å². The van der Waals surface area contributed by atoms with Crippen LogP contribution in [0.25, 0.3) is 21.7 Å². The van der Waals surface area contributed by atoms with Gasteiger partial charge >= 0.3 is 0 Å². The average Bonchev–Trinajstić information content (AvgIpc) is 3.15. The molecule has 1 aromatic carbocycles. The third kappa shape index (κ3) is 2.31. The quantitative estimate of drug-likeness (QED) is 0.797. The third-order valence-electron chi connectivity index (χ3n) is 3.06. The van der Waals surface area contributed by atoms with Gasteiger partial charge in [0.15, 0.2) is 11.5 Å². The molecule has 0 spiro atoms. The van der Waals surface area contributed by atoms with E-state index in [0.29, 0.717) is 17.2 Å². The highest BCUT2D eigenvalue weighted by Gasteiger charge is 2.19. The molecule has 6 nitrogen and oxygen atoms in total. The number of anilines is 1. The van der Waals surface area contributed by atoms with Crippen LogP contribution in [-0.4, -0.2) is 24.4 Å². The van der Waals surface area contributed by atoms with Crippen molar-refractivity contribution in [3.63, 3.8) is 0 Å². The molecule has 0 fully saturated rings. The minimum absolute atomic E-state index is 0.255. The molecule has 21 heavy (non-hydrogen) atoms. The van der Waals surface area contributed by atoms with Crippen molar-refractivity contribution in [3.8, 4) is 33.2 Å². The van der Waals surface area contributed by atoms with Crippen molar-refractivity contribution >= 4 is 17.2 Å². The molecule has 2 heterocycles. The molecule has 0 aliphatic heterocycles. The number of hydrogen-bond acceptors (Lipinski definition) is 7. The van der Waals surface area contributed by atoms with Gasteiger partial charge in [-0.15, -0.1) is 11.3 Å². The Morgan fingerprint density at radius 1 is 1.19 bits per heavy atom. The molecule has 0 bridgehead atoms. The van der Waals surface area contributed by atoms with E-state index in [1.807, 2.05) is 18.2 Å². The Hall–Kier alpha value is -2.54. The highest BCUT2D eigenvalue weighted by Crippen LogP contribution is 2.40. The summed E-state index contributed by atoms with van der Waals surface area (Å²) < 4.78 is 15.7. The van der Waals surface area contributed by atoms with E-state index in [4.69, 9.17) is 19.7 Å². The largest absolute Gasteiger partial charge is 0.493 e. The summed E-state index contributed by atoms with van der Waals surface area (Å²) in [7, 11) is 3.18. The van der Waals surface area contributed by atoms with E-state index >= 15 is 0 Å². The summed E-state index contributed by atoms with van der Waals surface area (Å²) in [5.74, 6) is 1.52. The Labute approximate surface area is 125 Å². The molecule has 0 atom stereocenters. The number of methoxy groups -OCH3 is 2. The first-order valence-electron chi connectivity index (χ1n) is 6.11. The van der Waals surface area contributed by atoms with Crippen LogP contribution in [0.3, 0.4) is 0 Å². The predicted molar refractivity (Wildman–Crippen MR) is 80.6 cm³/mol. The Morgan fingerprint density at radius 2 is 2.00 bits per heavy atom. The number of hydrogen-bond donors (Lipinski definition) is 1. The van der Waals surface area contributed by atoms with E-state index in [9.17, 15) is 0 Å². The molecular weight excluding hydrogens is 290 g/mol. The maximum atomic E-state index is 5.92. The number of ether oxygens (including phenoxy) is 2. The molecule has 0 saturated carbocycles. The van der Waals surface area contributed by atoms with Crippen molar-refractivity contribution in [3.05, 3.63) is 29.9 Å². The van der Waals surface area contributed by atoms with Gasteiger partial charge in [0, 0.05) is 6.20 Å². The topological polar surface area (TPSA) is 83.4 Å². The van der Waals surface area contributed by atoms with Gasteiger partial charge in [0.05, 0.1) is 30.2 Å². The second kappa shape index (κ2) is 5.45. The summed E-state index contributed by atoms with van der Waals surface area (Å²) in [5, 5.41) is 4.03. The lowest BCUT2D eigenvalue weighted by Crippen LogP contribution is -1.92. The highest BCUT2D eigenvalue weighted by atomic mass is 32.1. The van der Waals surface area contributed by atoms with Crippen LogP contribution >= 0.6 is 11.3 Å². The highest BCUT2D eigenvalue weighted by molar-refractivity contribution is 7.13. The van der Waals surface area contributed by atoms with Crippen LogP contribution in [-0.2, 0) is 0 Å². The first kappa shape index (κ1) is 13.4. The number of benzene rings is 1. The SMILES string of the molecule is COc1ccc(-c2c(-c3cncs3)noc2N)cc1OC. The number of nitrogen functional groups attached to an aromatic ring is 1. The zero-order valence-corrected chi connectivity index (χ0v) is 12.3. The van der Waals surface area contributed by atoms with Crippen LogP contribution in [0.4, 0.5) is 5.88 Å². The maximum Gasteiger partial charge on any atom is 0.230 e. The number of nitrogens with zero attached hydrogens (tertiary/aromatic N) is 2. The summed E-state index contributed by atoms with van der Waals surface area (Å²) in [4.78, 5) is 4.94. The first-order valence-corrected chi connectivity index (χ1v) is 6.99. The standard InChI is InChI=1S/C14H13N3O3S/c1-18-9-4-3-8(5-10(9)19-2)12-13(17-20-14(12)15)11-6-16-7-21-11/h3-7H,15H2,1-2H3. The fourth-order valence-electron chi connectivity index (χ4n) is 2.07. The Bertz CT molecular complexity index is 753. The van der Waals surface area contributed by atoms with Gasteiger partial charge in [-0.25, -0.2) is 0 Å². The Kier molecular flexibility index (Phi) is 3.49. The molecule has 0 amide bonds. The van der Waals surface area contributed by atoms with Crippen LogP contribution in [0.1, 0.15) is 0 Å². The van der Waals surface area contributed by atoms with E-state index in [1.54, 1.807) is 25.9 Å². The minimum atomic E-state index is 0.255. The zero-order valence-electron chi connectivity index (χ0n) is 11.5. The lowest BCUT2D eigenvalue weighted by molar-refractivity contribution is 0.355. The molecule has 108 valence electrons. The van der Waals surface area contributed by atoms with Crippen LogP contribution < -0.4 is 15.2 Å². The molecule has 0 aliphatic carbocycles. The number of thiazole rings is 1. The molecule has 0 unspecified atom stereocenters. The van der Waals surface area contributed by atoms with Crippen molar-refractivity contribution in [1.82, 2.24) is 10.1 Å². The number of rotatable bonds is 4. The van der Waals surface area contributed by atoms with Crippen molar-refractivity contribution in [2.45, 2.75) is 0 Å². The Balaban J connectivity index is 2.15. The normalized spacial score (nSPS) is 10.6. The fraction of sp³-hybridized carbons (Fsp3) is 0.143. The fourth-order valence-corrected chi connectivity index (χ4v) is 2.68. The molecule has 2 N–H and O–H groups in total. The zero-order chi connectivity index (χ0) is 14.8. The minimum Gasteiger partial charge on any atom is -0.493 e. The lowest BCUT2D eigenvalue weighted by Gasteiger charge is -2.09. The van der Waals surface area contributed by atoms with E-state index in [0.717, 1.165) is 16.0 Å². The van der Waals surface area contributed by atoms with Gasteiger partial charge in [-0.2, -0.15) is 0 Å². The molecule has 0 saturated heterocycles. The van der Waals surface area contributed by atoms with Crippen LogP contribution in [0, 0.1) is 0 Å². The predicted octanol–water partition coefficient (Wildman–Crippen LogP) is 3.06. The van der Waals surface area contributed by atoms with Gasteiger partial charge in [-0.05, 0) is 17.7 Å². The van der Waals surface area contributed by atoms with E-state index < -0.39 is 0 Å². The molecule has 3 rings (SSSR count). The molecule has 0 aliphatic rings. The number of nitrogens with two attached hydrogens (primary N) is 1. The first-order chi connectivity index (χ1) is 10.2. The van der Waals surface area contributed by atoms with Gasteiger partial charge in [-0.3, -0.25) is 4.98 Å². The summed E-state index contributed by atoms with van der Waals surface area (Å²) >= 11 is 1.47. The van der Waals surface area contributed by atoms with E-state index in [1.165, 1.54) is 11.3 Å². The van der Waals surface area contributed by atoms with E-state index in [-0.39, 0.29) is 5.88 Å². The molecular formula is C14H13N3O3S. The second-order valence-corrected chi connectivity index (χ2v) is 5.09. The van der Waals surface area contributed by atoms with Gasteiger partial charge < -0.3 is 19.7 Å². The van der Waals surface area contributed by atoms with Gasteiger partial charge in [0.1, 0.15) is 5.69 Å². The third-order valence-corrected chi connectivity index (χ3v) is 3.84. The van der Waals surface area contributed by atoms with Crippen LogP contribution in [0.15, 0.2) is 34.4 Å². The summed E-state index contributed by atoms with van der Waals surface area (Å²) in [6, 6.07) is 5.54. The summed E-state index contributed by atoms with van der Waals surface area (Å²) in [5.41, 5.74) is 9.89. The molecule has 0 radical (unpaired) electrons. The van der Waals surface area contributed by atoms with Crippen LogP contribution in [0.2, 0.25) is 0 Å². The molecule has 2 aromatic heterocycles. The van der Waals surface area contributed by atoms with Crippen molar-refractivity contribution in [2.75, 3.05) is 20.0 Å². The van der Waals surface area contributed by atoms with E-state index in [2.05, 4.69) is 10.1 Å². The van der Waals surface area contributed by atoms with Crippen molar-refractivity contribution in [1.29, 1.82) is 0 Å².